The van der Waals surface area contributed by atoms with Crippen molar-refractivity contribution in [3.63, 3.8) is 0 Å². The molecule has 0 radical (unpaired) electrons. The molecular formula is C96H83BN2Si. The predicted octanol–water partition coefficient (Wildman–Crippen LogP) is 21.0. The lowest BCUT2D eigenvalue weighted by atomic mass is 9.33. The highest BCUT2D eigenvalue weighted by molar-refractivity contribution is 7.20. The summed E-state index contributed by atoms with van der Waals surface area (Å²) in [5.74, 6) is 0. The van der Waals surface area contributed by atoms with E-state index in [2.05, 4.69) is 412 Å². The molecule has 0 saturated heterocycles. The van der Waals surface area contributed by atoms with Gasteiger partial charge in [0.2, 0.25) is 0 Å². The lowest BCUT2D eigenvalue weighted by molar-refractivity contribution is 0.590. The number of benzene rings is 14. The first-order chi connectivity index (χ1) is 48.5. The average Bonchev–Trinajstić information content (AvgIpc) is 0.688. The van der Waals surface area contributed by atoms with Crippen molar-refractivity contribution >= 4 is 86.0 Å². The fourth-order valence-electron chi connectivity index (χ4n) is 15.9. The molecule has 100 heavy (non-hydrogen) atoms. The first kappa shape index (κ1) is 63.7. The molecule has 2 heterocycles. The number of anilines is 6. The Bertz CT molecular complexity index is 5080. The zero-order valence-corrected chi connectivity index (χ0v) is 59.8. The van der Waals surface area contributed by atoms with Gasteiger partial charge >= 0.3 is 0 Å². The van der Waals surface area contributed by atoms with E-state index in [1.807, 2.05) is 0 Å². The highest BCUT2D eigenvalue weighted by Gasteiger charge is 2.47. The number of hydrogen-bond donors (Lipinski definition) is 0. The van der Waals surface area contributed by atoms with Crippen molar-refractivity contribution in [2.75, 3.05) is 9.80 Å². The molecule has 0 aromatic heterocycles. The second-order valence-electron chi connectivity index (χ2n) is 30.4. The van der Waals surface area contributed by atoms with E-state index < -0.39 is 8.07 Å². The second kappa shape index (κ2) is 25.4. The molecule has 14 aromatic rings. The van der Waals surface area contributed by atoms with Crippen molar-refractivity contribution < 1.29 is 0 Å². The van der Waals surface area contributed by atoms with Crippen LogP contribution in [0.3, 0.4) is 0 Å². The van der Waals surface area contributed by atoms with Crippen LogP contribution in [0.5, 0.6) is 0 Å². The molecule has 4 heteroatoms. The Morgan fingerprint density at radius 2 is 0.480 bits per heavy atom. The Kier molecular flexibility index (Phi) is 16.1. The van der Waals surface area contributed by atoms with Crippen molar-refractivity contribution in [1.29, 1.82) is 0 Å². The van der Waals surface area contributed by atoms with Crippen molar-refractivity contribution in [3.05, 3.63) is 356 Å². The summed E-state index contributed by atoms with van der Waals surface area (Å²) < 4.78 is 0. The van der Waals surface area contributed by atoms with Gasteiger partial charge in [-0.1, -0.05) is 353 Å². The van der Waals surface area contributed by atoms with Crippen LogP contribution in [-0.4, -0.2) is 14.8 Å². The van der Waals surface area contributed by atoms with Gasteiger partial charge < -0.3 is 9.80 Å². The van der Waals surface area contributed by atoms with Crippen LogP contribution >= 0.6 is 0 Å². The van der Waals surface area contributed by atoms with Crippen molar-refractivity contribution in [2.24, 2.45) is 0 Å². The van der Waals surface area contributed by atoms with Crippen LogP contribution in [0.1, 0.15) is 79.0 Å². The lowest BCUT2D eigenvalue weighted by Gasteiger charge is -2.47. The van der Waals surface area contributed by atoms with E-state index in [0.717, 1.165) is 22.7 Å². The van der Waals surface area contributed by atoms with E-state index in [1.54, 1.807) is 0 Å². The minimum atomic E-state index is -2.83. The smallest absolute Gasteiger partial charge is 0.252 e. The summed E-state index contributed by atoms with van der Waals surface area (Å²) >= 11 is 0. The molecule has 484 valence electrons. The van der Waals surface area contributed by atoms with E-state index in [1.165, 1.54) is 132 Å². The highest BCUT2D eigenvalue weighted by Crippen LogP contribution is 2.55. The molecule has 2 nitrogen and oxygen atoms in total. The molecule has 2 aliphatic heterocycles. The molecule has 0 saturated carbocycles. The molecule has 0 atom stereocenters. The van der Waals surface area contributed by atoms with Gasteiger partial charge in [0.05, 0.1) is 11.4 Å². The zero-order valence-electron chi connectivity index (χ0n) is 58.8. The third-order valence-corrected chi connectivity index (χ3v) is 25.8. The summed E-state index contributed by atoms with van der Waals surface area (Å²) in [5.41, 5.74) is 28.1. The number of fused-ring (bicyclic) bond motifs is 4. The third-order valence-electron chi connectivity index (χ3n) is 21.0. The van der Waals surface area contributed by atoms with Crippen LogP contribution in [0.15, 0.2) is 340 Å². The number of rotatable bonds is 12. The van der Waals surface area contributed by atoms with Gasteiger partial charge in [0.1, 0.15) is 0 Å². The van der Waals surface area contributed by atoms with Crippen molar-refractivity contribution in [1.82, 2.24) is 0 Å². The van der Waals surface area contributed by atoms with Gasteiger partial charge in [-0.3, -0.25) is 0 Å². The minimum absolute atomic E-state index is 0.166. The van der Waals surface area contributed by atoms with E-state index in [-0.39, 0.29) is 23.0 Å². The summed E-state index contributed by atoms with van der Waals surface area (Å²) in [6, 6.07) is 129. The SMILES string of the molecule is CC(C)(C)c1cc(-c2ccccc2)c(N2c3ccc(-c4ccccc4)cc3B3c4cc(-c5ccc([Si](c6ccccc6)(c6ccccc6)c6ccccc6)cc5)ccc4N(c4c(-c5ccccc5)cc(C(C)(C)C)cc4-c4ccccc4)c4cc(C(C)(C)C)cc2c43)c(-c2ccccc2)c1. The molecule has 0 spiro atoms. The molecule has 16 rings (SSSR count). The maximum Gasteiger partial charge on any atom is 0.252 e. The molecular weight excluding hydrogens is 1220 g/mol. The third kappa shape index (κ3) is 11.3. The standard InChI is InChI=1S/C96H83BN2Si/c1-94(2,3)74-60-81(68-36-20-11-21-37-68)92(82(61-74)69-38-22-12-23-39-69)98-87-56-52-72(66-34-18-10-19-35-66)58-85(87)97-86-59-73(67-50-54-80(55-51-67)100(77-44-28-15-29-45-77,78-46-30-16-31-47-78)79-48-32-17-33-49-79)53-57-88(86)99(90-65-76(96(7,8)9)64-89(98)91(90)97)93-83(70-40-24-13-25-41-70)62-75(95(4,5)6)63-84(93)71-42-26-14-27-43-71/h10-65H,1-9H3. The Labute approximate surface area is 593 Å². The molecule has 0 aliphatic carbocycles. The van der Waals surface area contributed by atoms with E-state index in [4.69, 9.17) is 0 Å². The summed E-state index contributed by atoms with van der Waals surface area (Å²) in [5, 5.41) is 5.41. The van der Waals surface area contributed by atoms with Crippen LogP contribution in [-0.2, 0) is 16.2 Å². The normalized spacial score (nSPS) is 12.8. The number of hydrogen-bond acceptors (Lipinski definition) is 2. The van der Waals surface area contributed by atoms with Crippen molar-refractivity contribution in [3.8, 4) is 66.8 Å². The topological polar surface area (TPSA) is 6.48 Å². The lowest BCUT2D eigenvalue weighted by Crippen LogP contribution is -2.74. The van der Waals surface area contributed by atoms with Gasteiger partial charge in [-0.2, -0.15) is 0 Å². The monoisotopic (exact) mass is 1300 g/mol. The van der Waals surface area contributed by atoms with Gasteiger partial charge in [0, 0.05) is 45.0 Å². The van der Waals surface area contributed by atoms with Crippen LogP contribution in [0.2, 0.25) is 0 Å². The Balaban J connectivity index is 1.05. The van der Waals surface area contributed by atoms with Crippen LogP contribution in [0.4, 0.5) is 34.1 Å². The van der Waals surface area contributed by atoms with E-state index in [9.17, 15) is 0 Å². The molecule has 0 fully saturated rings. The van der Waals surface area contributed by atoms with Crippen molar-refractivity contribution in [2.45, 2.75) is 78.6 Å². The molecule has 0 bridgehead atoms. The van der Waals surface area contributed by atoms with Gasteiger partial charge in [0.25, 0.3) is 6.71 Å². The minimum Gasteiger partial charge on any atom is -0.310 e. The predicted molar refractivity (Wildman–Crippen MR) is 433 cm³/mol. The fraction of sp³-hybridized carbons (Fsp3) is 0.125. The van der Waals surface area contributed by atoms with Gasteiger partial charge in [-0.05, 0) is 163 Å². The quantitative estimate of drug-likeness (QED) is 0.0889. The van der Waals surface area contributed by atoms with Gasteiger partial charge in [0.15, 0.2) is 8.07 Å². The summed E-state index contributed by atoms with van der Waals surface area (Å²) in [6.45, 7) is 21.1. The summed E-state index contributed by atoms with van der Waals surface area (Å²) in [7, 11) is -2.83. The largest absolute Gasteiger partial charge is 0.310 e. The molecule has 0 N–H and O–H groups in total. The summed E-state index contributed by atoms with van der Waals surface area (Å²) in [4.78, 5) is 5.42. The maximum atomic E-state index is 2.71. The van der Waals surface area contributed by atoms with Gasteiger partial charge in [-0.15, -0.1) is 0 Å². The highest BCUT2D eigenvalue weighted by atomic mass is 28.3. The molecule has 2 aliphatic rings. The van der Waals surface area contributed by atoms with E-state index in [0.29, 0.717) is 0 Å². The summed E-state index contributed by atoms with van der Waals surface area (Å²) in [6.07, 6.45) is 0. The van der Waals surface area contributed by atoms with E-state index >= 15 is 0 Å². The zero-order chi connectivity index (χ0) is 68.5. The first-order valence-electron chi connectivity index (χ1n) is 35.5. The fourth-order valence-corrected chi connectivity index (χ4v) is 20.6. The molecule has 0 unspecified atom stereocenters. The van der Waals surface area contributed by atoms with Crippen LogP contribution < -0.4 is 46.9 Å². The Morgan fingerprint density at radius 3 is 0.780 bits per heavy atom. The van der Waals surface area contributed by atoms with Crippen LogP contribution in [0, 0.1) is 0 Å². The Hall–Kier alpha value is -11.0. The van der Waals surface area contributed by atoms with Crippen LogP contribution in [0.25, 0.3) is 66.8 Å². The average molecular weight is 1300 g/mol. The first-order valence-corrected chi connectivity index (χ1v) is 37.5. The molecule has 14 aromatic carbocycles. The maximum absolute atomic E-state index is 2.83. The van der Waals surface area contributed by atoms with Gasteiger partial charge in [-0.25, -0.2) is 0 Å². The number of nitrogens with zero attached hydrogens (tertiary/aromatic N) is 2. The molecule has 0 amide bonds. The Morgan fingerprint density at radius 1 is 0.230 bits per heavy atom. The second-order valence-corrected chi connectivity index (χ2v) is 34.2.